The molecule has 0 amide bonds. The van der Waals surface area contributed by atoms with Gasteiger partial charge in [-0.05, 0) is 50.4 Å². The maximum Gasteiger partial charge on any atom is 0.416 e. The average molecular weight is 298 g/mol. The van der Waals surface area contributed by atoms with Gasteiger partial charge in [0, 0.05) is 24.7 Å². The summed E-state index contributed by atoms with van der Waals surface area (Å²) >= 11 is 0. The lowest BCUT2D eigenvalue weighted by Crippen LogP contribution is -2.40. The highest BCUT2D eigenvalue weighted by atomic mass is 19.4. The standard InChI is InChI=1S/C16H21F3N2/c1-11(12-4-2-5-13(10-12)16(17,18)19)20-14-7-9-21-8-3-6-15(14)21/h2,4-5,10-11,14-15,20H,3,6-9H2,1H3. The Bertz CT molecular complexity index is 501. The number of alkyl halides is 3. The fourth-order valence-corrected chi connectivity index (χ4v) is 3.68. The van der Waals surface area contributed by atoms with E-state index in [2.05, 4.69) is 10.2 Å². The molecule has 0 spiro atoms. The number of rotatable bonds is 3. The van der Waals surface area contributed by atoms with Gasteiger partial charge in [0.05, 0.1) is 5.56 Å². The molecule has 2 fully saturated rings. The highest BCUT2D eigenvalue weighted by Crippen LogP contribution is 2.32. The Hall–Kier alpha value is -1.07. The average Bonchev–Trinajstić information content (AvgIpc) is 3.03. The number of halogens is 3. The second kappa shape index (κ2) is 5.61. The van der Waals surface area contributed by atoms with E-state index >= 15 is 0 Å². The Kier molecular flexibility index (Phi) is 3.97. The number of benzene rings is 1. The molecule has 3 atom stereocenters. The molecule has 0 bridgehead atoms. The predicted molar refractivity (Wildman–Crippen MR) is 76.0 cm³/mol. The van der Waals surface area contributed by atoms with Crippen molar-refractivity contribution in [3.05, 3.63) is 35.4 Å². The molecular weight excluding hydrogens is 277 g/mol. The maximum absolute atomic E-state index is 12.8. The summed E-state index contributed by atoms with van der Waals surface area (Å²) in [7, 11) is 0. The molecule has 0 radical (unpaired) electrons. The molecule has 0 aromatic heterocycles. The molecule has 2 nitrogen and oxygen atoms in total. The van der Waals surface area contributed by atoms with E-state index in [-0.39, 0.29) is 6.04 Å². The third kappa shape index (κ3) is 3.09. The van der Waals surface area contributed by atoms with Gasteiger partial charge in [0.25, 0.3) is 0 Å². The molecule has 3 unspecified atom stereocenters. The molecule has 1 aromatic rings. The molecule has 2 heterocycles. The summed E-state index contributed by atoms with van der Waals surface area (Å²) < 4.78 is 38.4. The van der Waals surface area contributed by atoms with E-state index in [4.69, 9.17) is 0 Å². The number of hydrogen-bond donors (Lipinski definition) is 1. The fraction of sp³-hybridized carbons (Fsp3) is 0.625. The minimum absolute atomic E-state index is 0.0575. The van der Waals surface area contributed by atoms with Crippen molar-refractivity contribution in [1.29, 1.82) is 0 Å². The van der Waals surface area contributed by atoms with Gasteiger partial charge >= 0.3 is 6.18 Å². The molecule has 5 heteroatoms. The predicted octanol–water partition coefficient (Wildman–Crippen LogP) is 3.59. The molecule has 1 N–H and O–H groups in total. The topological polar surface area (TPSA) is 15.3 Å². The van der Waals surface area contributed by atoms with Crippen molar-refractivity contribution in [1.82, 2.24) is 10.2 Å². The van der Waals surface area contributed by atoms with Crippen LogP contribution in [0.4, 0.5) is 13.2 Å². The van der Waals surface area contributed by atoms with Crippen LogP contribution in [0.2, 0.25) is 0 Å². The zero-order valence-corrected chi connectivity index (χ0v) is 12.2. The van der Waals surface area contributed by atoms with Crippen molar-refractivity contribution in [3.63, 3.8) is 0 Å². The van der Waals surface area contributed by atoms with Crippen LogP contribution in [-0.4, -0.2) is 30.1 Å². The molecule has 2 saturated heterocycles. The quantitative estimate of drug-likeness (QED) is 0.917. The van der Waals surface area contributed by atoms with E-state index in [0.717, 1.165) is 19.0 Å². The summed E-state index contributed by atoms with van der Waals surface area (Å²) in [5.74, 6) is 0. The van der Waals surface area contributed by atoms with Gasteiger partial charge in [0.15, 0.2) is 0 Å². The van der Waals surface area contributed by atoms with Crippen molar-refractivity contribution in [2.24, 2.45) is 0 Å². The van der Waals surface area contributed by atoms with Crippen LogP contribution in [0.1, 0.15) is 43.4 Å². The van der Waals surface area contributed by atoms with E-state index < -0.39 is 11.7 Å². The van der Waals surface area contributed by atoms with Gasteiger partial charge in [-0.2, -0.15) is 13.2 Å². The van der Waals surface area contributed by atoms with Gasteiger partial charge in [-0.25, -0.2) is 0 Å². The first-order chi connectivity index (χ1) is 9.95. The Morgan fingerprint density at radius 1 is 1.24 bits per heavy atom. The Balaban J connectivity index is 1.69. The second-order valence-electron chi connectivity index (χ2n) is 6.15. The third-order valence-electron chi connectivity index (χ3n) is 4.78. The van der Waals surface area contributed by atoms with Crippen LogP contribution in [-0.2, 0) is 6.18 Å². The minimum Gasteiger partial charge on any atom is -0.306 e. The first-order valence-electron chi connectivity index (χ1n) is 7.62. The fourth-order valence-electron chi connectivity index (χ4n) is 3.68. The molecule has 21 heavy (non-hydrogen) atoms. The highest BCUT2D eigenvalue weighted by Gasteiger charge is 2.37. The zero-order chi connectivity index (χ0) is 15.0. The van der Waals surface area contributed by atoms with Gasteiger partial charge in [-0.3, -0.25) is 4.90 Å². The molecule has 0 aliphatic carbocycles. The first-order valence-corrected chi connectivity index (χ1v) is 7.62. The molecule has 2 aliphatic rings. The van der Waals surface area contributed by atoms with Crippen LogP contribution in [0, 0.1) is 0 Å². The second-order valence-corrected chi connectivity index (χ2v) is 6.15. The summed E-state index contributed by atoms with van der Waals surface area (Å²) in [4.78, 5) is 2.50. The monoisotopic (exact) mass is 298 g/mol. The van der Waals surface area contributed by atoms with Gasteiger partial charge in [0.1, 0.15) is 0 Å². The van der Waals surface area contributed by atoms with Crippen LogP contribution in [0.15, 0.2) is 24.3 Å². The SMILES string of the molecule is CC(NC1CCN2CCCC12)c1cccc(C(F)(F)F)c1. The third-order valence-corrected chi connectivity index (χ3v) is 4.78. The van der Waals surface area contributed by atoms with Crippen molar-refractivity contribution < 1.29 is 13.2 Å². The lowest BCUT2D eigenvalue weighted by atomic mass is 10.0. The zero-order valence-electron chi connectivity index (χ0n) is 12.2. The largest absolute Gasteiger partial charge is 0.416 e. The van der Waals surface area contributed by atoms with E-state index in [1.807, 2.05) is 6.92 Å². The summed E-state index contributed by atoms with van der Waals surface area (Å²) in [5.41, 5.74) is 0.142. The van der Waals surface area contributed by atoms with Crippen LogP contribution >= 0.6 is 0 Å². The molecule has 3 rings (SSSR count). The number of nitrogens with zero attached hydrogens (tertiary/aromatic N) is 1. The smallest absolute Gasteiger partial charge is 0.306 e. The van der Waals surface area contributed by atoms with E-state index in [9.17, 15) is 13.2 Å². The Labute approximate surface area is 123 Å². The van der Waals surface area contributed by atoms with E-state index in [1.54, 1.807) is 6.07 Å². The van der Waals surface area contributed by atoms with Gasteiger partial charge in [-0.1, -0.05) is 12.1 Å². The van der Waals surface area contributed by atoms with Gasteiger partial charge in [-0.15, -0.1) is 0 Å². The van der Waals surface area contributed by atoms with E-state index in [0.29, 0.717) is 17.6 Å². The van der Waals surface area contributed by atoms with Gasteiger partial charge in [0.2, 0.25) is 0 Å². The molecule has 1 aromatic carbocycles. The summed E-state index contributed by atoms with van der Waals surface area (Å²) in [6.45, 7) is 4.23. The molecule has 2 aliphatic heterocycles. The van der Waals surface area contributed by atoms with Crippen LogP contribution in [0.5, 0.6) is 0 Å². The Morgan fingerprint density at radius 3 is 2.81 bits per heavy atom. The first kappa shape index (κ1) is 14.9. The van der Waals surface area contributed by atoms with Crippen LogP contribution in [0.3, 0.4) is 0 Å². The lowest BCUT2D eigenvalue weighted by Gasteiger charge is -2.25. The van der Waals surface area contributed by atoms with Gasteiger partial charge < -0.3 is 5.32 Å². The molecule has 0 saturated carbocycles. The van der Waals surface area contributed by atoms with Crippen molar-refractivity contribution in [3.8, 4) is 0 Å². The highest BCUT2D eigenvalue weighted by molar-refractivity contribution is 5.27. The summed E-state index contributed by atoms with van der Waals surface area (Å²) in [6.07, 6.45) is -0.743. The minimum atomic E-state index is -4.27. The normalized spacial score (nSPS) is 27.8. The number of nitrogens with one attached hydrogen (secondary N) is 1. The molecule has 116 valence electrons. The van der Waals surface area contributed by atoms with Crippen molar-refractivity contribution in [2.45, 2.75) is 50.5 Å². The lowest BCUT2D eigenvalue weighted by molar-refractivity contribution is -0.137. The summed E-state index contributed by atoms with van der Waals surface area (Å²) in [6, 6.07) is 6.57. The molecular formula is C16H21F3N2. The van der Waals surface area contributed by atoms with Crippen molar-refractivity contribution >= 4 is 0 Å². The number of hydrogen-bond acceptors (Lipinski definition) is 2. The van der Waals surface area contributed by atoms with Crippen LogP contribution < -0.4 is 5.32 Å². The van der Waals surface area contributed by atoms with Crippen LogP contribution in [0.25, 0.3) is 0 Å². The summed E-state index contributed by atoms with van der Waals surface area (Å²) in [5, 5.41) is 3.54. The number of fused-ring (bicyclic) bond motifs is 1. The Morgan fingerprint density at radius 2 is 2.05 bits per heavy atom. The maximum atomic E-state index is 12.8. The van der Waals surface area contributed by atoms with E-state index in [1.165, 1.54) is 31.5 Å². The van der Waals surface area contributed by atoms with Crippen molar-refractivity contribution in [2.75, 3.05) is 13.1 Å².